The summed E-state index contributed by atoms with van der Waals surface area (Å²) < 4.78 is 29.6. The summed E-state index contributed by atoms with van der Waals surface area (Å²) >= 11 is 0. The Bertz CT molecular complexity index is 1150. The van der Waals surface area contributed by atoms with E-state index in [1.54, 1.807) is 18.3 Å². The Kier molecular flexibility index (Phi) is 7.16. The van der Waals surface area contributed by atoms with Crippen LogP contribution in [-0.2, 0) is 27.3 Å². The van der Waals surface area contributed by atoms with Crippen LogP contribution in [0.1, 0.15) is 50.2 Å². The lowest BCUT2D eigenvalue weighted by molar-refractivity contribution is -0.121. The fourth-order valence-electron chi connectivity index (χ4n) is 3.35. The molecule has 2 N–H and O–H groups in total. The van der Waals surface area contributed by atoms with Crippen molar-refractivity contribution in [2.24, 2.45) is 7.05 Å². The number of hydrogen-bond acceptors (Lipinski definition) is 4. The first-order valence-electron chi connectivity index (χ1n) is 10.5. The van der Waals surface area contributed by atoms with Gasteiger partial charge >= 0.3 is 0 Å². The Morgan fingerprint density at radius 1 is 1.06 bits per heavy atom. The van der Waals surface area contributed by atoms with Crippen molar-refractivity contribution < 1.29 is 13.2 Å². The molecular formula is C24H30N4O3S. The molecule has 3 aromatic rings. The minimum absolute atomic E-state index is 0.00271. The Morgan fingerprint density at radius 3 is 2.28 bits per heavy atom. The summed E-state index contributed by atoms with van der Waals surface area (Å²) in [7, 11) is -1.83. The first-order chi connectivity index (χ1) is 15.1. The van der Waals surface area contributed by atoms with Crippen LogP contribution in [-0.4, -0.2) is 30.4 Å². The number of carbonyl (C=O) groups is 1. The second-order valence-corrected chi connectivity index (χ2v) is 10.5. The minimum atomic E-state index is -3.70. The number of hydrogen-bond donors (Lipinski definition) is 2. The van der Waals surface area contributed by atoms with Gasteiger partial charge in [0.1, 0.15) is 11.9 Å². The molecule has 0 spiro atoms. The fourth-order valence-corrected chi connectivity index (χ4v) is 4.38. The Hall–Kier alpha value is -2.97. The largest absolute Gasteiger partial charge is 0.342 e. The highest BCUT2D eigenvalue weighted by atomic mass is 32.2. The van der Waals surface area contributed by atoms with E-state index in [0.29, 0.717) is 5.82 Å². The fraction of sp³-hybridized carbons (Fsp3) is 0.333. The highest BCUT2D eigenvalue weighted by Crippen LogP contribution is 2.23. The van der Waals surface area contributed by atoms with Gasteiger partial charge in [-0.25, -0.2) is 18.1 Å². The van der Waals surface area contributed by atoms with E-state index in [2.05, 4.69) is 35.8 Å². The molecule has 0 radical (unpaired) electrons. The van der Waals surface area contributed by atoms with Gasteiger partial charge in [-0.2, -0.15) is 0 Å². The van der Waals surface area contributed by atoms with E-state index in [4.69, 9.17) is 0 Å². The molecule has 0 bridgehead atoms. The predicted molar refractivity (Wildman–Crippen MR) is 125 cm³/mol. The van der Waals surface area contributed by atoms with Gasteiger partial charge in [0.2, 0.25) is 15.9 Å². The zero-order valence-corrected chi connectivity index (χ0v) is 19.7. The van der Waals surface area contributed by atoms with Gasteiger partial charge in [-0.05, 0) is 28.7 Å². The molecule has 0 saturated carbocycles. The monoisotopic (exact) mass is 454 g/mol. The van der Waals surface area contributed by atoms with Gasteiger partial charge in [0.15, 0.2) is 0 Å². The smallest absolute Gasteiger partial charge is 0.240 e. The quantitative estimate of drug-likeness (QED) is 0.546. The molecule has 3 rings (SSSR count). The molecule has 0 fully saturated rings. The molecule has 0 aliphatic rings. The van der Waals surface area contributed by atoms with Crippen LogP contribution >= 0.6 is 0 Å². The molecule has 7 nitrogen and oxygen atoms in total. The van der Waals surface area contributed by atoms with E-state index >= 15 is 0 Å². The highest BCUT2D eigenvalue weighted by molar-refractivity contribution is 7.89. The van der Waals surface area contributed by atoms with Crippen molar-refractivity contribution in [3.8, 4) is 0 Å². The molecule has 1 atom stereocenters. The van der Waals surface area contributed by atoms with Crippen molar-refractivity contribution in [3.05, 3.63) is 83.9 Å². The molecule has 32 heavy (non-hydrogen) atoms. The molecule has 170 valence electrons. The number of nitrogens with zero attached hydrogens (tertiary/aromatic N) is 2. The molecule has 1 heterocycles. The maximum Gasteiger partial charge on any atom is 0.240 e. The van der Waals surface area contributed by atoms with E-state index in [1.807, 2.05) is 60.3 Å². The average molecular weight is 455 g/mol. The third kappa shape index (κ3) is 5.83. The van der Waals surface area contributed by atoms with Crippen LogP contribution in [0.25, 0.3) is 0 Å². The summed E-state index contributed by atoms with van der Waals surface area (Å²) in [6.45, 7) is 6.21. The van der Waals surface area contributed by atoms with E-state index in [0.717, 1.165) is 11.1 Å². The number of rotatable bonds is 8. The molecule has 8 heteroatoms. The number of carbonyl (C=O) groups excluding carboxylic acids is 1. The van der Waals surface area contributed by atoms with Gasteiger partial charge in [-0.15, -0.1) is 0 Å². The van der Waals surface area contributed by atoms with Crippen molar-refractivity contribution in [1.82, 2.24) is 19.6 Å². The standard InChI is InChI=1S/C24H30N4O3S/c1-24(2,3)19-10-12-20(13-11-19)32(30,31)26-15-14-21(29)27-22(18-8-6-5-7-9-18)23-25-16-17-28(23)4/h5-13,16-17,22,26H,14-15H2,1-4H3,(H,27,29). The van der Waals surface area contributed by atoms with Crippen LogP contribution in [0.2, 0.25) is 0 Å². The van der Waals surface area contributed by atoms with Crippen molar-refractivity contribution in [2.75, 3.05) is 6.54 Å². The Labute approximate surface area is 189 Å². The third-order valence-corrected chi connectivity index (χ3v) is 6.71. The molecule has 2 aromatic carbocycles. The molecule has 0 aliphatic heterocycles. The van der Waals surface area contributed by atoms with Gasteiger partial charge in [0, 0.05) is 32.4 Å². The summed E-state index contributed by atoms with van der Waals surface area (Å²) in [5, 5.41) is 2.97. The van der Waals surface area contributed by atoms with Gasteiger partial charge in [-0.1, -0.05) is 63.2 Å². The van der Waals surface area contributed by atoms with Gasteiger partial charge in [-0.3, -0.25) is 4.79 Å². The summed E-state index contributed by atoms with van der Waals surface area (Å²) in [5.74, 6) is 0.428. The van der Waals surface area contributed by atoms with Gasteiger partial charge in [0.05, 0.1) is 4.90 Å². The number of amides is 1. The molecule has 0 saturated heterocycles. The zero-order valence-electron chi connectivity index (χ0n) is 18.9. The van der Waals surface area contributed by atoms with Gasteiger partial charge < -0.3 is 9.88 Å². The van der Waals surface area contributed by atoms with Crippen molar-refractivity contribution >= 4 is 15.9 Å². The minimum Gasteiger partial charge on any atom is -0.342 e. The number of aryl methyl sites for hydroxylation is 1. The SMILES string of the molecule is Cn1ccnc1C(NC(=O)CCNS(=O)(=O)c1ccc(C(C)(C)C)cc1)c1ccccc1. The van der Waals surface area contributed by atoms with Crippen LogP contribution in [0.3, 0.4) is 0 Å². The topological polar surface area (TPSA) is 93.1 Å². The van der Waals surface area contributed by atoms with Crippen LogP contribution < -0.4 is 10.0 Å². The molecule has 1 aromatic heterocycles. The van der Waals surface area contributed by atoms with Crippen molar-refractivity contribution in [3.63, 3.8) is 0 Å². The normalized spacial score (nSPS) is 13.0. The van der Waals surface area contributed by atoms with Crippen LogP contribution in [0.5, 0.6) is 0 Å². The predicted octanol–water partition coefficient (Wildman–Crippen LogP) is 3.29. The molecular weight excluding hydrogens is 424 g/mol. The first-order valence-corrected chi connectivity index (χ1v) is 12.0. The van der Waals surface area contributed by atoms with Gasteiger partial charge in [0.25, 0.3) is 0 Å². The van der Waals surface area contributed by atoms with E-state index in [1.165, 1.54) is 0 Å². The zero-order chi connectivity index (χ0) is 23.4. The maximum absolute atomic E-state index is 12.6. The summed E-state index contributed by atoms with van der Waals surface area (Å²) in [6.07, 6.45) is 3.50. The van der Waals surface area contributed by atoms with Crippen molar-refractivity contribution in [1.29, 1.82) is 0 Å². The Morgan fingerprint density at radius 2 is 1.72 bits per heavy atom. The lowest BCUT2D eigenvalue weighted by atomic mass is 9.87. The lowest BCUT2D eigenvalue weighted by Crippen LogP contribution is -2.34. The van der Waals surface area contributed by atoms with Crippen molar-refractivity contribution in [2.45, 2.75) is 43.5 Å². The average Bonchev–Trinajstić information content (AvgIpc) is 3.17. The van der Waals surface area contributed by atoms with Crippen LogP contribution in [0.15, 0.2) is 71.9 Å². The van der Waals surface area contributed by atoms with E-state index in [9.17, 15) is 13.2 Å². The molecule has 0 aliphatic carbocycles. The number of aromatic nitrogens is 2. The van der Waals surface area contributed by atoms with Crippen LogP contribution in [0.4, 0.5) is 0 Å². The first kappa shape index (κ1) is 23.7. The Balaban J connectivity index is 1.62. The van der Waals surface area contributed by atoms with E-state index in [-0.39, 0.29) is 29.2 Å². The van der Waals surface area contributed by atoms with E-state index < -0.39 is 16.1 Å². The number of imidazole rings is 1. The summed E-state index contributed by atoms with van der Waals surface area (Å²) in [6, 6.07) is 15.9. The lowest BCUT2D eigenvalue weighted by Gasteiger charge is -2.19. The number of benzene rings is 2. The highest BCUT2D eigenvalue weighted by Gasteiger charge is 2.21. The number of sulfonamides is 1. The maximum atomic E-state index is 12.6. The third-order valence-electron chi connectivity index (χ3n) is 5.23. The summed E-state index contributed by atoms with van der Waals surface area (Å²) in [4.78, 5) is 17.2. The molecule has 1 unspecified atom stereocenters. The second kappa shape index (κ2) is 9.67. The van der Waals surface area contributed by atoms with Crippen LogP contribution in [0, 0.1) is 0 Å². The second-order valence-electron chi connectivity index (χ2n) is 8.73. The number of nitrogens with one attached hydrogen (secondary N) is 2. The summed E-state index contributed by atoms with van der Waals surface area (Å²) in [5.41, 5.74) is 1.89. The molecule has 1 amide bonds.